The molecule has 2 heterocycles. The number of likely N-dealkylation sites (tertiary alicyclic amines) is 1. The zero-order valence-electron chi connectivity index (χ0n) is 15.5. The van der Waals surface area contributed by atoms with Crippen LogP contribution in [0.15, 0.2) is 53.1 Å². The SMILES string of the molecule is COc1ccccc1C(=O)N1CCC(c2nc(-c3ccc(F)cc3)no2)CC1. The van der Waals surface area contributed by atoms with Crippen molar-refractivity contribution in [2.45, 2.75) is 18.8 Å². The second-order valence-corrected chi connectivity index (χ2v) is 6.73. The number of methoxy groups -OCH3 is 1. The van der Waals surface area contributed by atoms with E-state index in [1.165, 1.54) is 12.1 Å². The van der Waals surface area contributed by atoms with E-state index in [1.54, 1.807) is 31.4 Å². The first kappa shape index (κ1) is 18.2. The fraction of sp³-hybridized carbons (Fsp3) is 0.286. The molecule has 4 rings (SSSR count). The molecule has 0 aliphatic carbocycles. The lowest BCUT2D eigenvalue weighted by Crippen LogP contribution is -2.38. The van der Waals surface area contributed by atoms with Gasteiger partial charge in [-0.1, -0.05) is 17.3 Å². The molecule has 0 atom stereocenters. The van der Waals surface area contributed by atoms with Gasteiger partial charge >= 0.3 is 0 Å². The summed E-state index contributed by atoms with van der Waals surface area (Å²) >= 11 is 0. The van der Waals surface area contributed by atoms with E-state index in [4.69, 9.17) is 9.26 Å². The molecule has 1 amide bonds. The van der Waals surface area contributed by atoms with Gasteiger partial charge in [0.25, 0.3) is 5.91 Å². The van der Waals surface area contributed by atoms with Crippen LogP contribution in [0.25, 0.3) is 11.4 Å². The van der Waals surface area contributed by atoms with Gasteiger partial charge < -0.3 is 14.2 Å². The smallest absolute Gasteiger partial charge is 0.257 e. The number of piperidine rings is 1. The lowest BCUT2D eigenvalue weighted by atomic mass is 9.96. The van der Waals surface area contributed by atoms with Gasteiger partial charge in [0.05, 0.1) is 12.7 Å². The number of hydrogen-bond acceptors (Lipinski definition) is 5. The number of carbonyl (C=O) groups is 1. The Hall–Kier alpha value is -3.22. The molecule has 28 heavy (non-hydrogen) atoms. The lowest BCUT2D eigenvalue weighted by Gasteiger charge is -2.30. The van der Waals surface area contributed by atoms with Gasteiger partial charge in [-0.2, -0.15) is 4.98 Å². The third-order valence-corrected chi connectivity index (χ3v) is 5.01. The van der Waals surface area contributed by atoms with Crippen LogP contribution in [0.1, 0.15) is 35.0 Å². The fourth-order valence-corrected chi connectivity index (χ4v) is 3.44. The van der Waals surface area contributed by atoms with Gasteiger partial charge in [0.15, 0.2) is 0 Å². The molecule has 0 spiro atoms. The summed E-state index contributed by atoms with van der Waals surface area (Å²) in [6.07, 6.45) is 1.48. The first-order chi connectivity index (χ1) is 13.7. The monoisotopic (exact) mass is 381 g/mol. The molecule has 6 nitrogen and oxygen atoms in total. The van der Waals surface area contributed by atoms with E-state index in [2.05, 4.69) is 10.1 Å². The maximum Gasteiger partial charge on any atom is 0.257 e. The summed E-state index contributed by atoms with van der Waals surface area (Å²) in [4.78, 5) is 19.1. The molecule has 0 saturated carbocycles. The van der Waals surface area contributed by atoms with E-state index in [9.17, 15) is 9.18 Å². The van der Waals surface area contributed by atoms with Crippen molar-refractivity contribution in [1.82, 2.24) is 15.0 Å². The standard InChI is InChI=1S/C21H20FN3O3/c1-27-18-5-3-2-4-17(18)21(26)25-12-10-15(11-13-25)20-23-19(24-28-20)14-6-8-16(22)9-7-14/h2-9,15H,10-13H2,1H3. The molecule has 1 aliphatic heterocycles. The minimum Gasteiger partial charge on any atom is -0.496 e. The summed E-state index contributed by atoms with van der Waals surface area (Å²) in [7, 11) is 1.56. The topological polar surface area (TPSA) is 68.5 Å². The highest BCUT2D eigenvalue weighted by molar-refractivity contribution is 5.97. The Bertz CT molecular complexity index is 963. The van der Waals surface area contributed by atoms with Gasteiger partial charge in [-0.3, -0.25) is 4.79 Å². The Balaban J connectivity index is 1.42. The summed E-state index contributed by atoms with van der Waals surface area (Å²) in [5, 5.41) is 4.01. The summed E-state index contributed by atoms with van der Waals surface area (Å²) in [6.45, 7) is 1.21. The van der Waals surface area contributed by atoms with E-state index in [0.717, 1.165) is 12.8 Å². The molecule has 1 aliphatic rings. The number of benzene rings is 2. The normalized spacial score (nSPS) is 14.9. The second-order valence-electron chi connectivity index (χ2n) is 6.73. The highest BCUT2D eigenvalue weighted by atomic mass is 19.1. The molecular formula is C21H20FN3O3. The van der Waals surface area contributed by atoms with Crippen molar-refractivity contribution < 1.29 is 18.4 Å². The number of carbonyl (C=O) groups excluding carboxylic acids is 1. The Morgan fingerprint density at radius 3 is 2.57 bits per heavy atom. The third kappa shape index (κ3) is 3.60. The van der Waals surface area contributed by atoms with Crippen molar-refractivity contribution in [2.24, 2.45) is 0 Å². The first-order valence-corrected chi connectivity index (χ1v) is 9.17. The number of para-hydroxylation sites is 1. The summed E-state index contributed by atoms with van der Waals surface area (Å²) in [5.74, 6) is 1.35. The Labute approximate surface area is 161 Å². The van der Waals surface area contributed by atoms with Crippen LogP contribution in [0.4, 0.5) is 4.39 Å². The number of nitrogens with zero attached hydrogens (tertiary/aromatic N) is 3. The molecule has 0 bridgehead atoms. The van der Waals surface area contributed by atoms with Crippen LogP contribution in [-0.2, 0) is 0 Å². The van der Waals surface area contributed by atoms with Crippen molar-refractivity contribution in [3.8, 4) is 17.1 Å². The zero-order valence-corrected chi connectivity index (χ0v) is 15.5. The zero-order chi connectivity index (χ0) is 19.5. The van der Waals surface area contributed by atoms with Gasteiger partial charge in [0.2, 0.25) is 11.7 Å². The third-order valence-electron chi connectivity index (χ3n) is 5.01. The number of amides is 1. The molecule has 0 unspecified atom stereocenters. The predicted octanol–water partition coefficient (Wildman–Crippen LogP) is 3.90. The number of halogens is 1. The van der Waals surface area contributed by atoms with Gasteiger partial charge in [-0.25, -0.2) is 4.39 Å². The van der Waals surface area contributed by atoms with Gasteiger partial charge in [0, 0.05) is 24.6 Å². The summed E-state index contributed by atoms with van der Waals surface area (Å²) < 4.78 is 23.8. The number of hydrogen-bond donors (Lipinski definition) is 0. The molecular weight excluding hydrogens is 361 g/mol. The molecule has 7 heteroatoms. The average molecular weight is 381 g/mol. The van der Waals surface area contributed by atoms with Crippen LogP contribution in [-0.4, -0.2) is 41.1 Å². The molecule has 1 aromatic heterocycles. The fourth-order valence-electron chi connectivity index (χ4n) is 3.44. The van der Waals surface area contributed by atoms with E-state index in [0.29, 0.717) is 41.7 Å². The summed E-state index contributed by atoms with van der Waals surface area (Å²) in [5.41, 5.74) is 1.28. The van der Waals surface area contributed by atoms with Crippen LogP contribution < -0.4 is 4.74 Å². The van der Waals surface area contributed by atoms with Crippen molar-refractivity contribution in [3.05, 3.63) is 65.8 Å². The van der Waals surface area contributed by atoms with Gasteiger partial charge in [-0.05, 0) is 49.2 Å². The maximum absolute atomic E-state index is 13.1. The van der Waals surface area contributed by atoms with E-state index < -0.39 is 0 Å². The molecule has 144 valence electrons. The van der Waals surface area contributed by atoms with Crippen molar-refractivity contribution in [1.29, 1.82) is 0 Å². The van der Waals surface area contributed by atoms with E-state index in [1.807, 2.05) is 17.0 Å². The van der Waals surface area contributed by atoms with E-state index >= 15 is 0 Å². The van der Waals surface area contributed by atoms with Crippen LogP contribution in [0, 0.1) is 5.82 Å². The maximum atomic E-state index is 13.1. The largest absolute Gasteiger partial charge is 0.496 e. The van der Waals surface area contributed by atoms with Crippen molar-refractivity contribution >= 4 is 5.91 Å². The van der Waals surface area contributed by atoms with Crippen LogP contribution in [0.2, 0.25) is 0 Å². The van der Waals surface area contributed by atoms with Crippen LogP contribution >= 0.6 is 0 Å². The molecule has 0 N–H and O–H groups in total. The minimum absolute atomic E-state index is 0.0339. The molecule has 3 aromatic rings. The Morgan fingerprint density at radius 2 is 1.86 bits per heavy atom. The van der Waals surface area contributed by atoms with Gasteiger partial charge in [-0.15, -0.1) is 0 Å². The van der Waals surface area contributed by atoms with Crippen molar-refractivity contribution in [3.63, 3.8) is 0 Å². The summed E-state index contributed by atoms with van der Waals surface area (Å²) in [6, 6.07) is 13.2. The highest BCUT2D eigenvalue weighted by Crippen LogP contribution is 2.30. The molecule has 1 saturated heterocycles. The van der Waals surface area contributed by atoms with Crippen LogP contribution in [0.5, 0.6) is 5.75 Å². The molecule has 2 aromatic carbocycles. The Morgan fingerprint density at radius 1 is 1.14 bits per heavy atom. The molecule has 0 radical (unpaired) electrons. The predicted molar refractivity (Wildman–Crippen MR) is 101 cm³/mol. The first-order valence-electron chi connectivity index (χ1n) is 9.17. The number of aromatic nitrogens is 2. The van der Waals surface area contributed by atoms with Crippen molar-refractivity contribution in [2.75, 3.05) is 20.2 Å². The lowest BCUT2D eigenvalue weighted by molar-refractivity contribution is 0.0701. The average Bonchev–Trinajstić information content (AvgIpc) is 3.24. The minimum atomic E-state index is -0.306. The highest BCUT2D eigenvalue weighted by Gasteiger charge is 2.29. The Kier molecular flexibility index (Phi) is 5.06. The second kappa shape index (κ2) is 7.80. The quantitative estimate of drug-likeness (QED) is 0.686. The van der Waals surface area contributed by atoms with Crippen LogP contribution in [0.3, 0.4) is 0 Å². The number of rotatable bonds is 4. The number of ether oxygens (including phenoxy) is 1. The van der Waals surface area contributed by atoms with E-state index in [-0.39, 0.29) is 17.6 Å². The molecule has 1 fully saturated rings. The van der Waals surface area contributed by atoms with Gasteiger partial charge in [0.1, 0.15) is 11.6 Å².